The van der Waals surface area contributed by atoms with Gasteiger partial charge in [-0.3, -0.25) is 9.59 Å². The van der Waals surface area contributed by atoms with Crippen LogP contribution in [-0.2, 0) is 9.53 Å². The number of carbonyl (C=O) groups is 3. The average molecular weight is 323 g/mol. The number of carbonyl (C=O) groups excluding carboxylic acids is 3. The van der Waals surface area contributed by atoms with E-state index in [1.54, 1.807) is 17.9 Å². The van der Waals surface area contributed by atoms with E-state index < -0.39 is 5.91 Å². The highest BCUT2D eigenvalue weighted by Crippen LogP contribution is 2.11. The lowest BCUT2D eigenvalue weighted by Crippen LogP contribution is -2.48. The van der Waals surface area contributed by atoms with Crippen LogP contribution in [-0.4, -0.2) is 55.1 Å². The summed E-state index contributed by atoms with van der Waals surface area (Å²) >= 11 is 0. The van der Waals surface area contributed by atoms with Crippen LogP contribution in [0.15, 0.2) is 22.8 Å². The van der Waals surface area contributed by atoms with Crippen molar-refractivity contribution in [1.82, 2.24) is 15.5 Å². The van der Waals surface area contributed by atoms with Crippen molar-refractivity contribution < 1.29 is 23.5 Å². The lowest BCUT2D eigenvalue weighted by atomic mass is 10.1. The summed E-state index contributed by atoms with van der Waals surface area (Å²) in [5.41, 5.74) is 0. The van der Waals surface area contributed by atoms with Crippen molar-refractivity contribution in [3.63, 3.8) is 0 Å². The van der Waals surface area contributed by atoms with Gasteiger partial charge in [-0.05, 0) is 31.9 Å². The van der Waals surface area contributed by atoms with E-state index >= 15 is 0 Å². The van der Waals surface area contributed by atoms with Crippen LogP contribution in [0.3, 0.4) is 0 Å². The zero-order valence-corrected chi connectivity index (χ0v) is 13.0. The number of piperidine rings is 1. The van der Waals surface area contributed by atoms with Gasteiger partial charge in [-0.15, -0.1) is 0 Å². The molecule has 1 fully saturated rings. The van der Waals surface area contributed by atoms with E-state index in [1.807, 2.05) is 0 Å². The molecular formula is C15H21N3O5. The first-order valence-corrected chi connectivity index (χ1v) is 7.63. The van der Waals surface area contributed by atoms with Crippen LogP contribution in [0, 0.1) is 0 Å². The molecule has 1 aromatic rings. The molecule has 0 radical (unpaired) electrons. The van der Waals surface area contributed by atoms with E-state index in [0.717, 1.165) is 0 Å². The highest BCUT2D eigenvalue weighted by Gasteiger charge is 2.24. The predicted molar refractivity (Wildman–Crippen MR) is 80.8 cm³/mol. The van der Waals surface area contributed by atoms with E-state index in [4.69, 9.17) is 9.15 Å². The summed E-state index contributed by atoms with van der Waals surface area (Å²) in [7, 11) is 0. The average Bonchev–Trinajstić information content (AvgIpc) is 3.08. The topological polar surface area (TPSA) is 101 Å². The van der Waals surface area contributed by atoms with Crippen LogP contribution in [0.4, 0.5) is 4.79 Å². The maximum absolute atomic E-state index is 11.8. The van der Waals surface area contributed by atoms with Crippen LogP contribution in [0.25, 0.3) is 0 Å². The number of amides is 3. The maximum Gasteiger partial charge on any atom is 0.409 e. The Morgan fingerprint density at radius 1 is 1.35 bits per heavy atom. The summed E-state index contributed by atoms with van der Waals surface area (Å²) in [4.78, 5) is 36.7. The number of likely N-dealkylation sites (tertiary alicyclic amines) is 1. The Morgan fingerprint density at radius 3 is 2.70 bits per heavy atom. The molecule has 1 aliphatic heterocycles. The fraction of sp³-hybridized carbons (Fsp3) is 0.533. The number of hydrogen-bond acceptors (Lipinski definition) is 5. The molecule has 0 bridgehead atoms. The second-order valence-corrected chi connectivity index (χ2v) is 5.19. The molecular weight excluding hydrogens is 302 g/mol. The number of hydrogen-bond donors (Lipinski definition) is 2. The zero-order chi connectivity index (χ0) is 16.7. The standard InChI is InChI=1S/C15H21N3O5/c1-2-22-15(21)18-7-5-11(6-8-18)17-13(19)10-16-14(20)12-4-3-9-23-12/h3-4,9,11H,2,5-8,10H2,1H3,(H,16,20)(H,17,19). The van der Waals surface area contributed by atoms with E-state index in [2.05, 4.69) is 10.6 Å². The third kappa shape index (κ3) is 5.01. The maximum atomic E-state index is 11.8. The highest BCUT2D eigenvalue weighted by molar-refractivity contribution is 5.94. The molecule has 0 aliphatic carbocycles. The SMILES string of the molecule is CCOC(=O)N1CCC(NC(=O)CNC(=O)c2ccco2)CC1. The van der Waals surface area contributed by atoms with Gasteiger partial charge in [-0.2, -0.15) is 0 Å². The third-order valence-electron chi connectivity index (χ3n) is 3.54. The molecule has 23 heavy (non-hydrogen) atoms. The minimum atomic E-state index is -0.428. The number of nitrogens with one attached hydrogen (secondary N) is 2. The van der Waals surface area contributed by atoms with E-state index in [-0.39, 0.29) is 30.3 Å². The molecule has 1 aromatic heterocycles. The van der Waals surface area contributed by atoms with E-state index in [0.29, 0.717) is 32.5 Å². The number of ether oxygens (including phenoxy) is 1. The van der Waals surface area contributed by atoms with Gasteiger partial charge in [-0.1, -0.05) is 0 Å². The molecule has 126 valence electrons. The minimum Gasteiger partial charge on any atom is -0.459 e. The molecule has 3 amide bonds. The summed E-state index contributed by atoms with van der Waals surface area (Å²) in [5, 5.41) is 5.34. The van der Waals surface area contributed by atoms with Crippen LogP contribution < -0.4 is 10.6 Å². The predicted octanol–water partition coefficient (Wildman–Crippen LogP) is 0.746. The Bertz CT molecular complexity index is 535. The van der Waals surface area contributed by atoms with Crippen molar-refractivity contribution in [2.24, 2.45) is 0 Å². The lowest BCUT2D eigenvalue weighted by molar-refractivity contribution is -0.121. The third-order valence-corrected chi connectivity index (χ3v) is 3.54. The van der Waals surface area contributed by atoms with Gasteiger partial charge in [0.25, 0.3) is 5.91 Å². The van der Waals surface area contributed by atoms with Crippen molar-refractivity contribution in [2.75, 3.05) is 26.2 Å². The van der Waals surface area contributed by atoms with Gasteiger partial charge in [0.15, 0.2) is 5.76 Å². The van der Waals surface area contributed by atoms with E-state index in [9.17, 15) is 14.4 Å². The molecule has 0 atom stereocenters. The molecule has 1 saturated heterocycles. The number of rotatable bonds is 5. The summed E-state index contributed by atoms with van der Waals surface area (Å²) in [6, 6.07) is 3.12. The summed E-state index contributed by atoms with van der Waals surface area (Å²) < 4.78 is 9.88. The second kappa shape index (κ2) is 8.21. The van der Waals surface area contributed by atoms with Crippen molar-refractivity contribution >= 4 is 17.9 Å². The lowest BCUT2D eigenvalue weighted by Gasteiger charge is -2.31. The fourth-order valence-electron chi connectivity index (χ4n) is 2.36. The molecule has 8 heteroatoms. The number of nitrogens with zero attached hydrogens (tertiary/aromatic N) is 1. The minimum absolute atomic E-state index is 0.00584. The second-order valence-electron chi connectivity index (χ2n) is 5.19. The van der Waals surface area contributed by atoms with Crippen molar-refractivity contribution in [1.29, 1.82) is 0 Å². The van der Waals surface area contributed by atoms with Crippen LogP contribution in [0.2, 0.25) is 0 Å². The Balaban J connectivity index is 1.67. The molecule has 0 spiro atoms. The summed E-state index contributed by atoms with van der Waals surface area (Å²) in [6.07, 6.45) is 2.41. The summed E-state index contributed by atoms with van der Waals surface area (Å²) in [6.45, 7) is 3.09. The van der Waals surface area contributed by atoms with Crippen molar-refractivity contribution in [3.8, 4) is 0 Å². The smallest absolute Gasteiger partial charge is 0.409 e. The van der Waals surface area contributed by atoms with Gasteiger partial charge in [0.1, 0.15) is 0 Å². The normalized spacial score (nSPS) is 15.1. The van der Waals surface area contributed by atoms with E-state index in [1.165, 1.54) is 12.3 Å². The molecule has 1 aliphatic rings. The van der Waals surface area contributed by atoms with Crippen LogP contribution in [0.5, 0.6) is 0 Å². The van der Waals surface area contributed by atoms with Gasteiger partial charge in [-0.25, -0.2) is 4.79 Å². The molecule has 0 saturated carbocycles. The first-order chi connectivity index (χ1) is 11.1. The van der Waals surface area contributed by atoms with Gasteiger partial charge < -0.3 is 24.7 Å². The van der Waals surface area contributed by atoms with Gasteiger partial charge in [0, 0.05) is 19.1 Å². The van der Waals surface area contributed by atoms with Crippen LogP contribution >= 0.6 is 0 Å². The van der Waals surface area contributed by atoms with Crippen molar-refractivity contribution in [3.05, 3.63) is 24.2 Å². The Kier molecular flexibility index (Phi) is 6.02. The highest BCUT2D eigenvalue weighted by atomic mass is 16.6. The monoisotopic (exact) mass is 323 g/mol. The first kappa shape index (κ1) is 16.9. The van der Waals surface area contributed by atoms with Crippen molar-refractivity contribution in [2.45, 2.75) is 25.8 Å². The summed E-state index contributed by atoms with van der Waals surface area (Å²) in [5.74, 6) is -0.526. The zero-order valence-electron chi connectivity index (χ0n) is 13.0. The largest absolute Gasteiger partial charge is 0.459 e. The Morgan fingerprint density at radius 2 is 2.09 bits per heavy atom. The quantitative estimate of drug-likeness (QED) is 0.832. The van der Waals surface area contributed by atoms with Gasteiger partial charge >= 0.3 is 6.09 Å². The Labute approximate surface area is 134 Å². The molecule has 2 heterocycles. The molecule has 2 rings (SSSR count). The van der Waals surface area contributed by atoms with Crippen LogP contribution in [0.1, 0.15) is 30.3 Å². The first-order valence-electron chi connectivity index (χ1n) is 7.63. The molecule has 8 nitrogen and oxygen atoms in total. The Hall–Kier alpha value is -2.51. The molecule has 2 N–H and O–H groups in total. The molecule has 0 unspecified atom stereocenters. The van der Waals surface area contributed by atoms with Gasteiger partial charge in [0.2, 0.25) is 5.91 Å². The number of furan rings is 1. The fourth-order valence-corrected chi connectivity index (χ4v) is 2.36. The van der Waals surface area contributed by atoms with Gasteiger partial charge in [0.05, 0.1) is 19.4 Å². The molecule has 0 aromatic carbocycles.